The quantitative estimate of drug-likeness (QED) is 0.231. The van der Waals surface area contributed by atoms with Gasteiger partial charge in [-0.25, -0.2) is 0 Å². The van der Waals surface area contributed by atoms with Crippen LogP contribution in [0.25, 0.3) is 0 Å². The van der Waals surface area contributed by atoms with Crippen molar-refractivity contribution >= 4 is 0 Å². The molecule has 19 unspecified atom stereocenters. The van der Waals surface area contributed by atoms with Gasteiger partial charge in [-0.3, -0.25) is 9.80 Å². The lowest BCUT2D eigenvalue weighted by Crippen LogP contribution is -2.66. The lowest BCUT2D eigenvalue weighted by molar-refractivity contribution is -0.161. The van der Waals surface area contributed by atoms with E-state index >= 15 is 0 Å². The van der Waals surface area contributed by atoms with Crippen molar-refractivity contribution in [3.63, 3.8) is 0 Å². The van der Waals surface area contributed by atoms with Crippen molar-refractivity contribution in [2.45, 2.75) is 275 Å². The molecule has 10 fully saturated rings. The van der Waals surface area contributed by atoms with Gasteiger partial charge in [0, 0.05) is 36.3 Å². The molecule has 20 atom stereocenters. The minimum absolute atomic E-state index is 0.722. The molecule has 0 aromatic heterocycles. The van der Waals surface area contributed by atoms with Crippen LogP contribution >= 0.6 is 0 Å². The lowest BCUT2D eigenvalue weighted by Gasteiger charge is -2.65. The van der Waals surface area contributed by atoms with Gasteiger partial charge in [0.05, 0.1) is 0 Å². The fourth-order valence-corrected chi connectivity index (χ4v) is 22.2. The van der Waals surface area contributed by atoms with Crippen LogP contribution in [-0.2, 0) is 0 Å². The Morgan fingerprint density at radius 3 is 1.39 bits per heavy atom. The van der Waals surface area contributed by atoms with Gasteiger partial charge in [0.2, 0.25) is 0 Å². The van der Waals surface area contributed by atoms with Crippen LogP contribution in [-0.4, -0.2) is 46.1 Å². The van der Waals surface area contributed by atoms with E-state index in [0.717, 1.165) is 131 Å². The highest BCUT2D eigenvalue weighted by Gasteiger charge is 2.60. The number of hydrogen-bond donors (Lipinski definition) is 0. The maximum atomic E-state index is 3.55. The van der Waals surface area contributed by atoms with Gasteiger partial charge >= 0.3 is 0 Å². The third-order valence-electron chi connectivity index (χ3n) is 25.5. The van der Waals surface area contributed by atoms with Crippen molar-refractivity contribution in [2.24, 2.45) is 88.8 Å². The second-order valence-electron chi connectivity index (χ2n) is 28.4. The van der Waals surface area contributed by atoms with E-state index in [2.05, 4.69) is 86.1 Å². The second kappa shape index (κ2) is 22.1. The van der Waals surface area contributed by atoms with Gasteiger partial charge in [0.15, 0.2) is 0 Å². The molecule has 0 aliphatic heterocycles. The van der Waals surface area contributed by atoms with Crippen LogP contribution in [0.5, 0.6) is 0 Å². The second-order valence-corrected chi connectivity index (χ2v) is 28.4. The Morgan fingerprint density at radius 1 is 0.386 bits per heavy atom. The van der Waals surface area contributed by atoms with E-state index in [1.54, 1.807) is 63.4 Å². The fourth-order valence-electron chi connectivity index (χ4n) is 22.2. The summed E-state index contributed by atoms with van der Waals surface area (Å²) in [4.78, 5) is 7.08. The smallest absolute Gasteiger partial charge is 0.0133 e. The molecule has 11 aliphatic carbocycles. The number of hydrogen-bond acceptors (Lipinski definition) is 2. The maximum Gasteiger partial charge on any atom is 0.0133 e. The maximum absolute atomic E-state index is 3.55. The summed E-state index contributed by atoms with van der Waals surface area (Å²) in [5.74, 6) is 14.7. The Morgan fingerprint density at radius 2 is 0.871 bits per heavy atom. The Hall–Kier alpha value is -1.38. The molecule has 0 saturated heterocycles. The Balaban J connectivity index is 0.881. The molecule has 0 spiro atoms. The van der Waals surface area contributed by atoms with Crippen LogP contribution < -0.4 is 0 Å². The Labute approximate surface area is 431 Å². The Kier molecular flexibility index (Phi) is 15.6. The molecule has 70 heavy (non-hydrogen) atoms. The van der Waals surface area contributed by atoms with Crippen molar-refractivity contribution in [3.05, 3.63) is 59.7 Å². The first kappa shape index (κ1) is 49.5. The van der Waals surface area contributed by atoms with E-state index in [-0.39, 0.29) is 0 Å². The third kappa shape index (κ3) is 9.63. The number of allylic oxidation sites excluding steroid dienone is 4. The molecule has 0 bridgehead atoms. The normalized spacial score (nSPS) is 46.3. The zero-order valence-corrected chi connectivity index (χ0v) is 45.8. The highest BCUT2D eigenvalue weighted by atomic mass is 15.3. The lowest BCUT2D eigenvalue weighted by atomic mass is 9.46. The van der Waals surface area contributed by atoms with Gasteiger partial charge in [-0.1, -0.05) is 159 Å². The largest absolute Gasteiger partial charge is 0.294 e. The molecule has 2 heteroatoms. The Bertz CT molecular complexity index is 1890. The molecule has 0 amide bonds. The monoisotopic (exact) mass is 951 g/mol. The first-order valence-electron chi connectivity index (χ1n) is 32.4. The minimum Gasteiger partial charge on any atom is -0.294 e. The van der Waals surface area contributed by atoms with Crippen molar-refractivity contribution in [1.29, 1.82) is 0 Å². The summed E-state index contributed by atoms with van der Waals surface area (Å²) >= 11 is 0. The molecular weight excluding hydrogens is 845 g/mol. The van der Waals surface area contributed by atoms with Crippen molar-refractivity contribution in [1.82, 2.24) is 9.80 Å². The van der Waals surface area contributed by atoms with Crippen LogP contribution in [0.4, 0.5) is 0 Å². The summed E-state index contributed by atoms with van der Waals surface area (Å²) in [6.45, 7) is 11.1. The minimum atomic E-state index is 0.722. The van der Waals surface area contributed by atoms with Gasteiger partial charge in [0.1, 0.15) is 0 Å². The number of benzene rings is 1. The number of nitrogens with zero attached hydrogens (tertiary/aromatic N) is 2. The number of rotatable bonds is 10. The summed E-state index contributed by atoms with van der Waals surface area (Å²) in [7, 11) is 0. The van der Waals surface area contributed by atoms with Crippen molar-refractivity contribution in [3.8, 4) is 0 Å². The first-order valence-corrected chi connectivity index (χ1v) is 32.4. The van der Waals surface area contributed by atoms with Crippen LogP contribution in [0.3, 0.4) is 0 Å². The zero-order valence-electron chi connectivity index (χ0n) is 45.8. The molecule has 0 heterocycles. The van der Waals surface area contributed by atoms with Crippen molar-refractivity contribution < 1.29 is 0 Å². The summed E-state index contributed by atoms with van der Waals surface area (Å²) in [5.41, 5.74) is 3.48. The predicted molar refractivity (Wildman–Crippen MR) is 296 cm³/mol. The molecule has 0 N–H and O–H groups in total. The van der Waals surface area contributed by atoms with E-state index < -0.39 is 0 Å². The molecule has 12 rings (SSSR count). The summed E-state index contributed by atoms with van der Waals surface area (Å²) in [5, 5.41) is 0. The third-order valence-corrected chi connectivity index (χ3v) is 25.5. The molecule has 0 radical (unpaired) electrons. The van der Waals surface area contributed by atoms with Crippen LogP contribution in [0.2, 0.25) is 0 Å². The molecule has 2 nitrogen and oxygen atoms in total. The van der Waals surface area contributed by atoms with Gasteiger partial charge in [-0.15, -0.1) is 0 Å². The van der Waals surface area contributed by atoms with Crippen LogP contribution in [0.1, 0.15) is 245 Å². The van der Waals surface area contributed by atoms with E-state index in [4.69, 9.17) is 0 Å². The summed E-state index contributed by atoms with van der Waals surface area (Å²) in [6.07, 6.45) is 55.5. The average molecular weight is 952 g/mol. The average Bonchev–Trinajstić information content (AvgIpc) is 3.41. The molecule has 388 valence electrons. The van der Waals surface area contributed by atoms with Gasteiger partial charge in [0.25, 0.3) is 0 Å². The molecule has 1 aromatic carbocycles. The van der Waals surface area contributed by atoms with E-state index in [9.17, 15) is 0 Å². The molecule has 1 aromatic rings. The van der Waals surface area contributed by atoms with Gasteiger partial charge < -0.3 is 0 Å². The topological polar surface area (TPSA) is 6.48 Å². The first-order chi connectivity index (χ1) is 34.4. The van der Waals surface area contributed by atoms with E-state index in [0.29, 0.717) is 0 Å². The van der Waals surface area contributed by atoms with E-state index in [1.807, 2.05) is 5.57 Å². The molecule has 11 aliphatic rings. The molecule has 10 saturated carbocycles. The fraction of sp³-hybridized carbons (Fsp3) is 0.853. The standard InChI is InChI=1S/C68H106N2/c1-45-31-33-55(49-19-9-5-10-20-49)43-65(45)69(61-29-17-27-57(47(61)3)51-23-13-7-14-24-51)63-41-37-53-36-40-60-64(42-38-54-35-39-59(63)67(53)68(54)60)70(62-30-18-28-58(48(62)4)52-25-15-8-16-26-52)66-44-56(34-32-46(66)2)50-21-11-6-12-22-50/h7-8,13-15,23-25,45-50,53-68H,5-6,9-12,16-22,26-44H2,1-4H3/t45?,46?,47?,48?,53?,54?,55?,56?,57?,58?,59?,60?,61?,62?,63?,64?,65-,66?,67?,68?/m0/s1. The summed E-state index contributed by atoms with van der Waals surface area (Å²) < 4.78 is 0. The molecular formula is C68H106N2. The van der Waals surface area contributed by atoms with Gasteiger partial charge in [-0.2, -0.15) is 0 Å². The SMILES string of the molecule is CC1CCC(C2CCCCC2)CC1N(C1CCCC(C2=CC=CCC2)C1C)C1CCC2CCC3C4C(CCC1C24)CCC3N(C1CCCC(c2ccccc2)C1C)[C@H]1CC(C2CCCCC2)CCC1C. The van der Waals surface area contributed by atoms with Crippen molar-refractivity contribution in [2.75, 3.05) is 0 Å². The zero-order chi connectivity index (χ0) is 47.3. The van der Waals surface area contributed by atoms with Crippen LogP contribution in [0, 0.1) is 88.8 Å². The highest BCUT2D eigenvalue weighted by molar-refractivity contribution is 5.24. The highest BCUT2D eigenvalue weighted by Crippen LogP contribution is 2.63. The predicted octanol–water partition coefficient (Wildman–Crippen LogP) is 18.0. The van der Waals surface area contributed by atoms with E-state index in [1.165, 1.54) is 148 Å². The van der Waals surface area contributed by atoms with Crippen LogP contribution in [0.15, 0.2) is 54.1 Å². The summed E-state index contributed by atoms with van der Waals surface area (Å²) in [6, 6.07) is 16.8. The van der Waals surface area contributed by atoms with Gasteiger partial charge in [-0.05, 0) is 229 Å².